The van der Waals surface area contributed by atoms with Crippen LogP contribution in [0.4, 0.5) is 4.79 Å². The molecule has 6 nitrogen and oxygen atoms in total. The van der Waals surface area contributed by atoms with Crippen molar-refractivity contribution < 1.29 is 9.90 Å². The van der Waals surface area contributed by atoms with Gasteiger partial charge in [0.15, 0.2) is 0 Å². The van der Waals surface area contributed by atoms with Crippen LogP contribution in [0.1, 0.15) is 20.3 Å². The van der Waals surface area contributed by atoms with Crippen molar-refractivity contribution in [2.75, 3.05) is 59.9 Å². The first-order valence-electron chi connectivity index (χ1n) is 7.96. The zero-order valence-electron chi connectivity index (χ0n) is 14.0. The molecule has 2 unspecified atom stereocenters. The van der Waals surface area contributed by atoms with E-state index in [4.69, 9.17) is 0 Å². The number of nitrogens with zero attached hydrogens (tertiary/aromatic N) is 3. The van der Waals surface area contributed by atoms with E-state index < -0.39 is 0 Å². The molecule has 1 aliphatic rings. The Balaban J connectivity index is 2.16. The van der Waals surface area contributed by atoms with Crippen molar-refractivity contribution in [2.45, 2.75) is 26.4 Å². The lowest BCUT2D eigenvalue weighted by Gasteiger charge is -2.34. The summed E-state index contributed by atoms with van der Waals surface area (Å²) in [5.41, 5.74) is 0. The number of urea groups is 1. The fraction of sp³-hybridized carbons (Fsp3) is 0.933. The van der Waals surface area contributed by atoms with Gasteiger partial charge in [0.05, 0.1) is 6.10 Å². The van der Waals surface area contributed by atoms with E-state index in [-0.39, 0.29) is 12.1 Å². The first kappa shape index (κ1) is 18.2. The van der Waals surface area contributed by atoms with Crippen LogP contribution in [-0.4, -0.2) is 91.8 Å². The molecule has 124 valence electrons. The van der Waals surface area contributed by atoms with Gasteiger partial charge in [0.1, 0.15) is 0 Å². The van der Waals surface area contributed by atoms with Crippen LogP contribution in [0.3, 0.4) is 0 Å². The molecule has 0 aliphatic carbocycles. The van der Waals surface area contributed by atoms with Gasteiger partial charge in [-0.2, -0.15) is 0 Å². The fourth-order valence-corrected chi connectivity index (χ4v) is 2.41. The summed E-state index contributed by atoms with van der Waals surface area (Å²) in [5, 5.41) is 12.2. The second-order valence-electron chi connectivity index (χ2n) is 6.45. The smallest absolute Gasteiger partial charge is 0.317 e. The molecule has 2 atom stereocenters. The Morgan fingerprint density at radius 1 is 1.29 bits per heavy atom. The molecule has 0 spiro atoms. The summed E-state index contributed by atoms with van der Waals surface area (Å²) in [6.07, 6.45) is 0.247. The lowest BCUT2D eigenvalue weighted by Crippen LogP contribution is -2.47. The topological polar surface area (TPSA) is 59.1 Å². The van der Waals surface area contributed by atoms with Crippen molar-refractivity contribution >= 4 is 6.03 Å². The highest BCUT2D eigenvalue weighted by Gasteiger charge is 2.17. The molecule has 0 aromatic heterocycles. The highest BCUT2D eigenvalue weighted by Crippen LogP contribution is 2.04. The Morgan fingerprint density at radius 3 is 2.48 bits per heavy atom. The quantitative estimate of drug-likeness (QED) is 0.709. The summed E-state index contributed by atoms with van der Waals surface area (Å²) in [5.74, 6) is 0.447. The van der Waals surface area contributed by atoms with E-state index in [0.29, 0.717) is 25.4 Å². The minimum Gasteiger partial charge on any atom is -0.393 e. The molecule has 1 rings (SSSR count). The number of aliphatic hydroxyl groups excluding tert-OH is 1. The number of piperazine rings is 1. The Kier molecular flexibility index (Phi) is 8.00. The maximum atomic E-state index is 11.9. The van der Waals surface area contributed by atoms with Crippen molar-refractivity contribution in [3.63, 3.8) is 0 Å². The molecular weight excluding hydrogens is 268 g/mol. The average Bonchev–Trinajstić information content (AvgIpc) is 2.44. The summed E-state index contributed by atoms with van der Waals surface area (Å²) >= 11 is 0. The SMILES string of the molecule is CC(O)CCN(C)C(=O)NCC(C)CN1CCN(C)CC1. The minimum absolute atomic E-state index is 0.0547. The normalized spacial score (nSPS) is 20.0. The van der Waals surface area contributed by atoms with Crippen LogP contribution in [0.5, 0.6) is 0 Å². The van der Waals surface area contributed by atoms with Crippen LogP contribution < -0.4 is 5.32 Å². The monoisotopic (exact) mass is 300 g/mol. The van der Waals surface area contributed by atoms with Crippen molar-refractivity contribution in [1.82, 2.24) is 20.0 Å². The van der Waals surface area contributed by atoms with Crippen molar-refractivity contribution in [3.8, 4) is 0 Å². The first-order chi connectivity index (χ1) is 9.88. The molecular formula is C15H32N4O2. The van der Waals surface area contributed by atoms with Crippen LogP contribution in [0.2, 0.25) is 0 Å². The third kappa shape index (κ3) is 7.64. The largest absolute Gasteiger partial charge is 0.393 e. The van der Waals surface area contributed by atoms with E-state index in [2.05, 4.69) is 29.1 Å². The Hall–Kier alpha value is -0.850. The molecule has 0 bridgehead atoms. The second-order valence-corrected chi connectivity index (χ2v) is 6.45. The van der Waals surface area contributed by atoms with Gasteiger partial charge in [0, 0.05) is 52.9 Å². The highest BCUT2D eigenvalue weighted by molar-refractivity contribution is 5.73. The molecule has 0 radical (unpaired) electrons. The molecule has 6 heteroatoms. The third-order valence-electron chi connectivity index (χ3n) is 4.00. The summed E-state index contributed by atoms with van der Waals surface area (Å²) in [7, 11) is 3.92. The Labute approximate surface area is 129 Å². The maximum Gasteiger partial charge on any atom is 0.317 e. The summed E-state index contributed by atoms with van der Waals surface area (Å²) in [4.78, 5) is 18.4. The van der Waals surface area contributed by atoms with Crippen LogP contribution in [-0.2, 0) is 0 Å². The summed E-state index contributed by atoms with van der Waals surface area (Å²) in [6.45, 7) is 10.7. The van der Waals surface area contributed by atoms with Gasteiger partial charge in [0.25, 0.3) is 0 Å². The number of nitrogens with one attached hydrogen (secondary N) is 1. The van der Waals surface area contributed by atoms with E-state index in [0.717, 1.165) is 32.7 Å². The van der Waals surface area contributed by atoms with E-state index >= 15 is 0 Å². The highest BCUT2D eigenvalue weighted by atomic mass is 16.3. The van der Waals surface area contributed by atoms with Crippen LogP contribution in [0.25, 0.3) is 0 Å². The van der Waals surface area contributed by atoms with Crippen molar-refractivity contribution in [3.05, 3.63) is 0 Å². The summed E-state index contributed by atoms with van der Waals surface area (Å²) in [6, 6.07) is -0.0547. The Morgan fingerprint density at radius 2 is 1.90 bits per heavy atom. The number of hydrogen-bond donors (Lipinski definition) is 2. The van der Waals surface area contributed by atoms with E-state index in [9.17, 15) is 9.90 Å². The molecule has 0 saturated carbocycles. The number of rotatable bonds is 7. The van der Waals surface area contributed by atoms with E-state index in [1.807, 2.05) is 0 Å². The van der Waals surface area contributed by atoms with Gasteiger partial charge >= 0.3 is 6.03 Å². The van der Waals surface area contributed by atoms with E-state index in [1.54, 1.807) is 18.9 Å². The third-order valence-corrected chi connectivity index (χ3v) is 4.00. The van der Waals surface area contributed by atoms with Crippen LogP contribution in [0.15, 0.2) is 0 Å². The number of amides is 2. The minimum atomic E-state index is -0.364. The van der Waals surface area contributed by atoms with Gasteiger partial charge in [0.2, 0.25) is 0 Å². The van der Waals surface area contributed by atoms with Crippen molar-refractivity contribution in [2.24, 2.45) is 5.92 Å². The molecule has 0 aromatic rings. The van der Waals surface area contributed by atoms with Crippen LogP contribution >= 0.6 is 0 Å². The first-order valence-corrected chi connectivity index (χ1v) is 7.96. The number of carbonyl (C=O) groups is 1. The number of carbonyl (C=O) groups excluding carboxylic acids is 1. The van der Waals surface area contributed by atoms with Gasteiger partial charge in [-0.25, -0.2) is 4.79 Å². The molecule has 1 aliphatic heterocycles. The lowest BCUT2D eigenvalue weighted by molar-refractivity contribution is 0.137. The lowest BCUT2D eigenvalue weighted by atomic mass is 10.1. The second kappa shape index (κ2) is 9.23. The number of aliphatic hydroxyl groups is 1. The van der Waals surface area contributed by atoms with E-state index in [1.165, 1.54) is 0 Å². The predicted molar refractivity (Wildman–Crippen MR) is 85.4 cm³/mol. The number of likely N-dealkylation sites (N-methyl/N-ethyl adjacent to an activating group) is 1. The van der Waals surface area contributed by atoms with Gasteiger partial charge in [-0.1, -0.05) is 6.92 Å². The Bertz CT molecular complexity index is 304. The molecule has 0 aromatic carbocycles. The molecule has 2 amide bonds. The zero-order chi connectivity index (χ0) is 15.8. The fourth-order valence-electron chi connectivity index (χ4n) is 2.41. The van der Waals surface area contributed by atoms with Gasteiger partial charge in [-0.15, -0.1) is 0 Å². The van der Waals surface area contributed by atoms with Gasteiger partial charge in [-0.05, 0) is 26.3 Å². The average molecular weight is 300 g/mol. The number of hydrogen-bond acceptors (Lipinski definition) is 4. The van der Waals surface area contributed by atoms with Gasteiger partial charge < -0.3 is 25.1 Å². The van der Waals surface area contributed by atoms with Gasteiger partial charge in [-0.3, -0.25) is 0 Å². The molecule has 2 N–H and O–H groups in total. The molecule has 21 heavy (non-hydrogen) atoms. The predicted octanol–water partition coefficient (Wildman–Crippen LogP) is 0.282. The maximum absolute atomic E-state index is 11.9. The molecule has 1 heterocycles. The summed E-state index contributed by atoms with van der Waals surface area (Å²) < 4.78 is 0. The zero-order valence-corrected chi connectivity index (χ0v) is 14.0. The molecule has 1 fully saturated rings. The molecule has 1 saturated heterocycles. The van der Waals surface area contributed by atoms with Crippen LogP contribution in [0, 0.1) is 5.92 Å². The standard InChI is InChI=1S/C15H32N4O2/c1-13(12-19-9-7-17(3)8-10-19)11-16-15(21)18(4)6-5-14(2)20/h13-14,20H,5-12H2,1-4H3,(H,16,21). The van der Waals surface area contributed by atoms with Crippen molar-refractivity contribution in [1.29, 1.82) is 0 Å².